The van der Waals surface area contributed by atoms with Gasteiger partial charge < -0.3 is 10.2 Å². The summed E-state index contributed by atoms with van der Waals surface area (Å²) in [5.74, 6) is 0.284. The molecule has 0 bridgehead atoms. The third-order valence-corrected chi connectivity index (χ3v) is 5.96. The van der Waals surface area contributed by atoms with Gasteiger partial charge in [-0.3, -0.25) is 9.59 Å². The summed E-state index contributed by atoms with van der Waals surface area (Å²) in [4.78, 5) is 27.6. The van der Waals surface area contributed by atoms with Gasteiger partial charge in [0.25, 0.3) is 5.91 Å². The van der Waals surface area contributed by atoms with Gasteiger partial charge in [-0.05, 0) is 47.2 Å². The minimum Gasteiger partial charge on any atom is -0.350 e. The van der Waals surface area contributed by atoms with E-state index in [-0.39, 0.29) is 23.7 Å². The molecule has 2 atom stereocenters. The average molecular weight is 370 g/mol. The first kappa shape index (κ1) is 17.0. The molecule has 2 aliphatic rings. The normalized spacial score (nSPS) is 21.0. The summed E-state index contributed by atoms with van der Waals surface area (Å²) < 4.78 is 0. The van der Waals surface area contributed by atoms with Crippen LogP contribution in [0.15, 0.2) is 60.7 Å². The first-order valence-electron chi connectivity index (χ1n) is 9.81. The van der Waals surface area contributed by atoms with Gasteiger partial charge in [-0.2, -0.15) is 0 Å². The van der Waals surface area contributed by atoms with E-state index in [1.165, 1.54) is 16.3 Å². The number of hydrogen-bond donors (Lipinski definition) is 1. The highest BCUT2D eigenvalue weighted by Crippen LogP contribution is 2.49. The van der Waals surface area contributed by atoms with E-state index in [0.717, 1.165) is 17.7 Å². The molecule has 3 aromatic carbocycles. The third-order valence-electron chi connectivity index (χ3n) is 5.96. The SMILES string of the molecule is Cc1cccc2c1C(=O)NCCN2C(=O)[C@H]1C[C@@H]1c1ccc2ccccc2c1. The van der Waals surface area contributed by atoms with Crippen LogP contribution in [0.2, 0.25) is 0 Å². The Labute approximate surface area is 164 Å². The lowest BCUT2D eigenvalue weighted by atomic mass is 10.0. The van der Waals surface area contributed by atoms with Crippen LogP contribution in [0.5, 0.6) is 0 Å². The molecule has 0 aromatic heterocycles. The molecule has 0 saturated heterocycles. The van der Waals surface area contributed by atoms with Crippen LogP contribution >= 0.6 is 0 Å². The van der Waals surface area contributed by atoms with Crippen molar-refractivity contribution in [1.82, 2.24) is 5.32 Å². The number of nitrogens with one attached hydrogen (secondary N) is 1. The molecule has 4 nitrogen and oxygen atoms in total. The van der Waals surface area contributed by atoms with Gasteiger partial charge in [-0.25, -0.2) is 0 Å². The minimum absolute atomic E-state index is 0.0114. The molecule has 0 spiro atoms. The molecule has 2 amide bonds. The smallest absolute Gasteiger partial charge is 0.253 e. The van der Waals surface area contributed by atoms with Crippen LogP contribution in [0.3, 0.4) is 0 Å². The lowest BCUT2D eigenvalue weighted by molar-refractivity contribution is -0.119. The van der Waals surface area contributed by atoms with Gasteiger partial charge in [0.15, 0.2) is 0 Å². The molecule has 1 heterocycles. The first-order chi connectivity index (χ1) is 13.6. The van der Waals surface area contributed by atoms with Gasteiger partial charge in [0.05, 0.1) is 11.3 Å². The van der Waals surface area contributed by atoms with E-state index < -0.39 is 0 Å². The van der Waals surface area contributed by atoms with Crippen molar-refractivity contribution in [2.75, 3.05) is 18.0 Å². The standard InChI is InChI=1S/C24H22N2O2/c1-15-5-4-8-21-22(15)23(27)25-11-12-26(21)24(28)20-14-19(20)18-10-9-16-6-2-3-7-17(16)13-18/h2-10,13,19-20H,11-12,14H2,1H3,(H,25,27)/t19-,20+/m1/s1. The molecule has 0 radical (unpaired) electrons. The Hall–Kier alpha value is -3.14. The zero-order valence-electron chi connectivity index (χ0n) is 15.8. The molecule has 4 heteroatoms. The monoisotopic (exact) mass is 370 g/mol. The Bertz CT molecular complexity index is 1100. The maximum atomic E-state index is 13.3. The number of hydrogen-bond acceptors (Lipinski definition) is 2. The molecule has 1 fully saturated rings. The number of aryl methyl sites for hydroxylation is 1. The molecule has 1 saturated carbocycles. The predicted octanol–water partition coefficient (Wildman–Crippen LogP) is 4.03. The van der Waals surface area contributed by atoms with Crippen molar-refractivity contribution in [3.63, 3.8) is 0 Å². The number of carbonyl (C=O) groups is 2. The Morgan fingerprint density at radius 1 is 1.04 bits per heavy atom. The lowest BCUT2D eigenvalue weighted by Crippen LogP contribution is -2.36. The van der Waals surface area contributed by atoms with Crippen molar-refractivity contribution < 1.29 is 9.59 Å². The number of benzene rings is 3. The van der Waals surface area contributed by atoms with Crippen LogP contribution in [0.25, 0.3) is 10.8 Å². The Morgan fingerprint density at radius 2 is 1.86 bits per heavy atom. The second-order valence-corrected chi connectivity index (χ2v) is 7.77. The number of nitrogens with zero attached hydrogens (tertiary/aromatic N) is 1. The number of amides is 2. The molecule has 1 aliphatic carbocycles. The van der Waals surface area contributed by atoms with Crippen molar-refractivity contribution in [3.8, 4) is 0 Å². The van der Waals surface area contributed by atoms with E-state index in [0.29, 0.717) is 18.7 Å². The van der Waals surface area contributed by atoms with Gasteiger partial charge >= 0.3 is 0 Å². The summed E-state index contributed by atoms with van der Waals surface area (Å²) in [7, 11) is 0. The maximum absolute atomic E-state index is 13.3. The zero-order valence-corrected chi connectivity index (χ0v) is 15.8. The summed E-state index contributed by atoms with van der Waals surface area (Å²) in [6.07, 6.45) is 0.871. The van der Waals surface area contributed by atoms with E-state index in [4.69, 9.17) is 0 Å². The van der Waals surface area contributed by atoms with Crippen molar-refractivity contribution in [2.24, 2.45) is 5.92 Å². The first-order valence-corrected chi connectivity index (χ1v) is 9.81. The fraction of sp³-hybridized carbons (Fsp3) is 0.250. The molecule has 5 rings (SSSR count). The van der Waals surface area contributed by atoms with E-state index >= 15 is 0 Å². The van der Waals surface area contributed by atoms with E-state index in [1.807, 2.05) is 42.2 Å². The molecular formula is C24H22N2O2. The largest absolute Gasteiger partial charge is 0.350 e. The van der Waals surface area contributed by atoms with Gasteiger partial charge in [-0.1, -0.05) is 54.6 Å². The van der Waals surface area contributed by atoms with Crippen LogP contribution in [0, 0.1) is 12.8 Å². The van der Waals surface area contributed by atoms with Gasteiger partial charge in [-0.15, -0.1) is 0 Å². The van der Waals surface area contributed by atoms with Crippen LogP contribution in [0.1, 0.15) is 33.8 Å². The van der Waals surface area contributed by atoms with Gasteiger partial charge in [0, 0.05) is 19.0 Å². The number of rotatable bonds is 2. The topological polar surface area (TPSA) is 49.4 Å². The van der Waals surface area contributed by atoms with Crippen LogP contribution in [0.4, 0.5) is 5.69 Å². The Balaban J connectivity index is 1.43. The summed E-state index contributed by atoms with van der Waals surface area (Å²) in [5, 5.41) is 5.35. The lowest BCUT2D eigenvalue weighted by Gasteiger charge is -2.23. The number of carbonyl (C=O) groups excluding carboxylic acids is 2. The number of fused-ring (bicyclic) bond motifs is 2. The van der Waals surface area contributed by atoms with Gasteiger partial charge in [0.1, 0.15) is 0 Å². The molecule has 28 heavy (non-hydrogen) atoms. The molecular weight excluding hydrogens is 348 g/mol. The van der Waals surface area contributed by atoms with Crippen molar-refractivity contribution in [2.45, 2.75) is 19.3 Å². The fourth-order valence-corrected chi connectivity index (χ4v) is 4.37. The zero-order chi connectivity index (χ0) is 19.3. The summed E-state index contributed by atoms with van der Waals surface area (Å²) in [5.41, 5.74) is 3.49. The second-order valence-electron chi connectivity index (χ2n) is 7.77. The molecule has 0 unspecified atom stereocenters. The van der Waals surface area contributed by atoms with Crippen molar-refractivity contribution in [1.29, 1.82) is 0 Å². The molecule has 140 valence electrons. The molecule has 1 N–H and O–H groups in total. The maximum Gasteiger partial charge on any atom is 0.253 e. The van der Waals surface area contributed by atoms with E-state index in [1.54, 1.807) is 0 Å². The summed E-state index contributed by atoms with van der Waals surface area (Å²) >= 11 is 0. The predicted molar refractivity (Wildman–Crippen MR) is 111 cm³/mol. The van der Waals surface area contributed by atoms with E-state index in [9.17, 15) is 9.59 Å². The van der Waals surface area contributed by atoms with Crippen molar-refractivity contribution >= 4 is 28.3 Å². The quantitative estimate of drug-likeness (QED) is 0.740. The highest BCUT2D eigenvalue weighted by atomic mass is 16.2. The van der Waals surface area contributed by atoms with Crippen LogP contribution in [-0.2, 0) is 4.79 Å². The second kappa shape index (κ2) is 6.48. The third kappa shape index (κ3) is 2.76. The van der Waals surface area contributed by atoms with Crippen LogP contribution in [-0.4, -0.2) is 24.9 Å². The van der Waals surface area contributed by atoms with E-state index in [2.05, 4.69) is 35.6 Å². The highest BCUT2D eigenvalue weighted by Gasteiger charge is 2.46. The van der Waals surface area contributed by atoms with Gasteiger partial charge in [0.2, 0.25) is 5.91 Å². The van der Waals surface area contributed by atoms with Crippen molar-refractivity contribution in [3.05, 3.63) is 77.4 Å². The summed E-state index contributed by atoms with van der Waals surface area (Å²) in [6, 6.07) is 20.5. The summed E-state index contributed by atoms with van der Waals surface area (Å²) in [6.45, 7) is 2.91. The average Bonchev–Trinajstić information content (AvgIpc) is 3.52. The Kier molecular flexibility index (Phi) is 3.93. The molecule has 3 aromatic rings. The fourth-order valence-electron chi connectivity index (χ4n) is 4.37. The molecule has 1 aliphatic heterocycles. The highest BCUT2D eigenvalue weighted by molar-refractivity contribution is 6.08. The number of anilines is 1. The Morgan fingerprint density at radius 3 is 2.71 bits per heavy atom. The minimum atomic E-state index is -0.0923. The van der Waals surface area contributed by atoms with Crippen LogP contribution < -0.4 is 10.2 Å².